The van der Waals surface area contributed by atoms with Gasteiger partial charge in [-0.15, -0.1) is 11.8 Å². The van der Waals surface area contributed by atoms with Gasteiger partial charge in [-0.2, -0.15) is 0 Å². The van der Waals surface area contributed by atoms with E-state index in [9.17, 15) is 4.39 Å². The number of hydrogen-bond donors (Lipinski definition) is 0. The van der Waals surface area contributed by atoms with Gasteiger partial charge in [-0.25, -0.2) is 4.39 Å². The second kappa shape index (κ2) is 7.48. The molecule has 0 radical (unpaired) electrons. The maximum atomic E-state index is 13.3. The summed E-state index contributed by atoms with van der Waals surface area (Å²) in [7, 11) is 0. The highest BCUT2D eigenvalue weighted by atomic mass is 32.2. The molecule has 0 bridgehead atoms. The summed E-state index contributed by atoms with van der Waals surface area (Å²) in [5.74, 6) is 1.32. The van der Waals surface area contributed by atoms with Crippen LogP contribution in [0, 0.1) is 5.82 Å². The molecule has 0 unspecified atom stereocenters. The molecule has 2 aromatic carbocycles. The quantitative estimate of drug-likeness (QED) is 0.436. The number of fused-ring (bicyclic) bond motifs is 1. The lowest BCUT2D eigenvalue weighted by Crippen LogP contribution is -2.04. The van der Waals surface area contributed by atoms with Crippen LogP contribution < -0.4 is 0 Å². The first kappa shape index (κ1) is 17.7. The van der Waals surface area contributed by atoms with E-state index in [1.807, 2.05) is 11.8 Å². The summed E-state index contributed by atoms with van der Waals surface area (Å²) in [5, 5.41) is 1.65. The predicted molar refractivity (Wildman–Crippen MR) is 108 cm³/mol. The average Bonchev–Trinajstić information content (AvgIpc) is 3.00. The van der Waals surface area contributed by atoms with E-state index in [0.717, 1.165) is 16.9 Å². The Morgan fingerprint density at radius 3 is 2.42 bits per heavy atom. The van der Waals surface area contributed by atoms with E-state index in [1.54, 1.807) is 12.1 Å². The Labute approximate surface area is 159 Å². The van der Waals surface area contributed by atoms with Gasteiger partial charge in [-0.3, -0.25) is 0 Å². The van der Waals surface area contributed by atoms with Crippen LogP contribution in [0.3, 0.4) is 0 Å². The number of hydrogen-bond acceptors (Lipinski definition) is 2. The number of halogens is 1. The third-order valence-electron chi connectivity index (χ3n) is 5.20. The number of thioether (sulfide) groups is 1. The highest BCUT2D eigenvalue weighted by Gasteiger charge is 2.21. The molecule has 0 atom stereocenters. The summed E-state index contributed by atoms with van der Waals surface area (Å²) in [6.45, 7) is 4.39. The molecule has 1 aliphatic rings. The van der Waals surface area contributed by atoms with Crippen molar-refractivity contribution in [2.24, 2.45) is 0 Å². The van der Waals surface area contributed by atoms with Crippen LogP contribution in [0.25, 0.3) is 22.3 Å². The molecular weight excluding hydrogens is 343 g/mol. The van der Waals surface area contributed by atoms with Crippen LogP contribution in [0.4, 0.5) is 4.39 Å². The van der Waals surface area contributed by atoms with Gasteiger partial charge in [0.25, 0.3) is 0 Å². The average molecular weight is 369 g/mol. The molecule has 1 saturated carbocycles. The third kappa shape index (κ3) is 3.55. The van der Waals surface area contributed by atoms with Crippen molar-refractivity contribution in [2.75, 3.05) is 0 Å². The molecule has 0 N–H and O–H groups in total. The zero-order chi connectivity index (χ0) is 18.1. The van der Waals surface area contributed by atoms with E-state index in [0.29, 0.717) is 11.2 Å². The Hall–Kier alpha value is -1.74. The van der Waals surface area contributed by atoms with E-state index in [1.165, 1.54) is 60.1 Å². The molecule has 0 amide bonds. The van der Waals surface area contributed by atoms with Gasteiger partial charge in [0.1, 0.15) is 17.2 Å². The molecule has 1 heterocycles. The van der Waals surface area contributed by atoms with E-state index in [2.05, 4.69) is 32.0 Å². The van der Waals surface area contributed by atoms with Gasteiger partial charge in [0.05, 0.1) is 4.90 Å². The maximum absolute atomic E-state index is 13.3. The summed E-state index contributed by atoms with van der Waals surface area (Å²) in [6, 6.07) is 13.3. The molecule has 3 heteroatoms. The standard InChI is InChI=1S/C23H25FOS/c1-15(2)26-23-20-14-18(16-6-4-3-5-7-16)10-13-21(20)25-22(23)17-8-11-19(24)12-9-17/h8-16H,3-7H2,1-2H3. The fourth-order valence-corrected chi connectivity index (χ4v) is 4.95. The first-order valence-corrected chi connectivity index (χ1v) is 10.5. The van der Waals surface area contributed by atoms with Crippen molar-refractivity contribution in [3.63, 3.8) is 0 Å². The van der Waals surface area contributed by atoms with Crippen molar-refractivity contribution < 1.29 is 8.81 Å². The summed E-state index contributed by atoms with van der Waals surface area (Å²) >= 11 is 1.83. The summed E-state index contributed by atoms with van der Waals surface area (Å²) < 4.78 is 19.6. The van der Waals surface area contributed by atoms with Crippen molar-refractivity contribution in [2.45, 2.75) is 62.0 Å². The van der Waals surface area contributed by atoms with Crippen LogP contribution in [0.1, 0.15) is 57.4 Å². The molecule has 1 nitrogen and oxygen atoms in total. The van der Waals surface area contributed by atoms with Gasteiger partial charge in [0.15, 0.2) is 0 Å². The summed E-state index contributed by atoms with van der Waals surface area (Å²) in [4.78, 5) is 1.18. The maximum Gasteiger partial charge on any atom is 0.148 e. The van der Waals surface area contributed by atoms with Crippen LogP contribution >= 0.6 is 11.8 Å². The smallest absolute Gasteiger partial charge is 0.148 e. The van der Waals surface area contributed by atoms with Crippen LogP contribution in [-0.2, 0) is 0 Å². The Morgan fingerprint density at radius 2 is 1.73 bits per heavy atom. The zero-order valence-corrected chi connectivity index (χ0v) is 16.2. The molecule has 4 rings (SSSR count). The number of furan rings is 1. The minimum Gasteiger partial charge on any atom is -0.455 e. The molecule has 26 heavy (non-hydrogen) atoms. The molecule has 1 aromatic heterocycles. The van der Waals surface area contributed by atoms with Crippen molar-refractivity contribution in [1.29, 1.82) is 0 Å². The monoisotopic (exact) mass is 368 g/mol. The van der Waals surface area contributed by atoms with Crippen LogP contribution in [0.5, 0.6) is 0 Å². The second-order valence-electron chi connectivity index (χ2n) is 7.52. The third-order valence-corrected chi connectivity index (χ3v) is 6.32. The number of benzene rings is 2. The summed E-state index contributed by atoms with van der Waals surface area (Å²) in [6.07, 6.45) is 6.63. The van der Waals surface area contributed by atoms with Crippen molar-refractivity contribution in [3.05, 3.63) is 53.8 Å². The fraction of sp³-hybridized carbons (Fsp3) is 0.391. The molecular formula is C23H25FOS. The topological polar surface area (TPSA) is 13.1 Å². The molecule has 0 spiro atoms. The molecule has 3 aromatic rings. The molecule has 1 fully saturated rings. The molecule has 136 valence electrons. The van der Waals surface area contributed by atoms with Crippen LogP contribution in [-0.4, -0.2) is 5.25 Å². The number of rotatable bonds is 4. The first-order valence-electron chi connectivity index (χ1n) is 9.61. The Kier molecular flexibility index (Phi) is 5.08. The molecule has 0 aliphatic heterocycles. The second-order valence-corrected chi connectivity index (χ2v) is 9.11. The lowest BCUT2D eigenvalue weighted by atomic mass is 9.84. The van der Waals surface area contributed by atoms with Crippen molar-refractivity contribution in [1.82, 2.24) is 0 Å². The van der Waals surface area contributed by atoms with Gasteiger partial charge in [-0.1, -0.05) is 39.2 Å². The molecule has 0 saturated heterocycles. The van der Waals surface area contributed by atoms with Gasteiger partial charge in [0, 0.05) is 16.2 Å². The van der Waals surface area contributed by atoms with Crippen molar-refractivity contribution >= 4 is 22.7 Å². The van der Waals surface area contributed by atoms with Gasteiger partial charge >= 0.3 is 0 Å². The van der Waals surface area contributed by atoms with E-state index >= 15 is 0 Å². The van der Waals surface area contributed by atoms with Crippen LogP contribution in [0.2, 0.25) is 0 Å². The van der Waals surface area contributed by atoms with E-state index < -0.39 is 0 Å². The SMILES string of the molecule is CC(C)Sc1c(-c2ccc(F)cc2)oc2ccc(C3CCCCC3)cc12. The predicted octanol–water partition coefficient (Wildman–Crippen LogP) is 7.79. The van der Waals surface area contributed by atoms with Gasteiger partial charge < -0.3 is 4.42 Å². The van der Waals surface area contributed by atoms with E-state index in [-0.39, 0.29) is 5.82 Å². The fourth-order valence-electron chi connectivity index (χ4n) is 3.93. The Balaban J connectivity index is 1.82. The normalized spacial score (nSPS) is 15.8. The highest BCUT2D eigenvalue weighted by molar-refractivity contribution is 8.00. The van der Waals surface area contributed by atoms with Crippen LogP contribution in [0.15, 0.2) is 51.8 Å². The minimum atomic E-state index is -0.220. The largest absolute Gasteiger partial charge is 0.455 e. The lowest BCUT2D eigenvalue weighted by molar-refractivity contribution is 0.444. The highest BCUT2D eigenvalue weighted by Crippen LogP contribution is 2.43. The minimum absolute atomic E-state index is 0.220. The Bertz CT molecular complexity index is 888. The Morgan fingerprint density at radius 1 is 1.00 bits per heavy atom. The van der Waals surface area contributed by atoms with Crippen molar-refractivity contribution in [3.8, 4) is 11.3 Å². The summed E-state index contributed by atoms with van der Waals surface area (Å²) in [5.41, 5.74) is 3.30. The first-order chi connectivity index (χ1) is 12.6. The molecule has 1 aliphatic carbocycles. The zero-order valence-electron chi connectivity index (χ0n) is 15.4. The van der Waals surface area contributed by atoms with Gasteiger partial charge in [0.2, 0.25) is 0 Å². The van der Waals surface area contributed by atoms with E-state index in [4.69, 9.17) is 4.42 Å². The lowest BCUT2D eigenvalue weighted by Gasteiger charge is -2.22. The van der Waals surface area contributed by atoms with Gasteiger partial charge in [-0.05, 0) is 60.7 Å².